The summed E-state index contributed by atoms with van der Waals surface area (Å²) in [5.41, 5.74) is 2.86. The summed E-state index contributed by atoms with van der Waals surface area (Å²) < 4.78 is 11.9. The van der Waals surface area contributed by atoms with Gasteiger partial charge >= 0.3 is 0 Å². The summed E-state index contributed by atoms with van der Waals surface area (Å²) in [6, 6.07) is 13.7. The molecule has 2 aromatic rings. The van der Waals surface area contributed by atoms with Crippen molar-refractivity contribution in [2.45, 2.75) is 58.8 Å². The first-order valence-corrected chi connectivity index (χ1v) is 11.6. The van der Waals surface area contributed by atoms with E-state index in [9.17, 15) is 4.79 Å². The van der Waals surface area contributed by atoms with Crippen LogP contribution in [0.3, 0.4) is 0 Å². The molecular weight excluding hydrogens is 388 g/mol. The topological polar surface area (TPSA) is 59.6 Å². The zero-order chi connectivity index (χ0) is 22.3. The molecule has 0 aliphatic rings. The van der Waals surface area contributed by atoms with Crippen LogP contribution in [0.5, 0.6) is 11.5 Å². The van der Waals surface area contributed by atoms with E-state index in [0.29, 0.717) is 36.8 Å². The average Bonchev–Trinajstić information content (AvgIpc) is 2.80. The summed E-state index contributed by atoms with van der Waals surface area (Å²) in [4.78, 5) is 12.7. The second kappa shape index (κ2) is 14.3. The van der Waals surface area contributed by atoms with Gasteiger partial charge in [-0.2, -0.15) is 0 Å². The van der Waals surface area contributed by atoms with Gasteiger partial charge in [0.2, 0.25) is 0 Å². The lowest BCUT2D eigenvalue weighted by atomic mass is 10.1. The molecule has 0 bridgehead atoms. The summed E-state index contributed by atoms with van der Waals surface area (Å²) in [5.74, 6) is 1.28. The molecule has 0 aromatic heterocycles. The Morgan fingerprint density at radius 2 is 1.48 bits per heavy atom. The van der Waals surface area contributed by atoms with Crippen molar-refractivity contribution in [1.29, 1.82) is 0 Å². The van der Waals surface area contributed by atoms with Crippen LogP contribution < -0.4 is 20.1 Å². The highest BCUT2D eigenvalue weighted by Gasteiger charge is 2.12. The molecule has 5 nitrogen and oxygen atoms in total. The Bertz CT molecular complexity index is 775. The molecule has 0 aliphatic carbocycles. The van der Waals surface area contributed by atoms with Crippen molar-refractivity contribution >= 4 is 11.6 Å². The van der Waals surface area contributed by atoms with Crippen LogP contribution in [0.1, 0.15) is 68.3 Å². The molecule has 0 fully saturated rings. The van der Waals surface area contributed by atoms with Crippen LogP contribution in [-0.2, 0) is 6.42 Å². The Labute approximate surface area is 187 Å². The number of rotatable bonds is 15. The average molecular weight is 427 g/mol. The fraction of sp³-hybridized carbons (Fsp3) is 0.500. The lowest BCUT2D eigenvalue weighted by Gasteiger charge is -2.14. The third-order valence-corrected chi connectivity index (χ3v) is 5.16. The monoisotopic (exact) mass is 426 g/mol. The van der Waals surface area contributed by atoms with Crippen LogP contribution in [0.4, 0.5) is 5.69 Å². The van der Waals surface area contributed by atoms with Gasteiger partial charge in [0.1, 0.15) is 0 Å². The van der Waals surface area contributed by atoms with Crippen molar-refractivity contribution in [3.63, 3.8) is 0 Å². The minimum absolute atomic E-state index is 0.0946. The van der Waals surface area contributed by atoms with E-state index in [0.717, 1.165) is 50.6 Å². The number of anilines is 1. The maximum atomic E-state index is 12.7. The highest BCUT2D eigenvalue weighted by Crippen LogP contribution is 2.29. The van der Waals surface area contributed by atoms with Crippen LogP contribution >= 0.6 is 0 Å². The molecule has 0 radical (unpaired) electrons. The fourth-order valence-corrected chi connectivity index (χ4v) is 3.21. The number of amides is 1. The van der Waals surface area contributed by atoms with Gasteiger partial charge in [0.25, 0.3) is 5.91 Å². The van der Waals surface area contributed by atoms with Crippen LogP contribution in [-0.4, -0.2) is 32.7 Å². The van der Waals surface area contributed by atoms with Crippen LogP contribution in [0.2, 0.25) is 0 Å². The molecule has 31 heavy (non-hydrogen) atoms. The molecular formula is C26H38N2O3. The van der Waals surface area contributed by atoms with Gasteiger partial charge in [-0.25, -0.2) is 0 Å². The lowest BCUT2D eigenvalue weighted by molar-refractivity contribution is 0.0953. The molecule has 0 saturated carbocycles. The number of carbonyl (C=O) groups is 1. The predicted octanol–water partition coefficient (Wildman–Crippen LogP) is 5.84. The molecule has 170 valence electrons. The first kappa shape index (κ1) is 24.6. The van der Waals surface area contributed by atoms with Crippen LogP contribution in [0.15, 0.2) is 42.5 Å². The van der Waals surface area contributed by atoms with Gasteiger partial charge in [-0.3, -0.25) is 4.79 Å². The normalized spacial score (nSPS) is 10.5. The number of benzene rings is 2. The quantitative estimate of drug-likeness (QED) is 0.351. The predicted molar refractivity (Wildman–Crippen MR) is 129 cm³/mol. The smallest absolute Gasteiger partial charge is 0.251 e. The zero-order valence-electron chi connectivity index (χ0n) is 19.3. The maximum Gasteiger partial charge on any atom is 0.251 e. The SMILES string of the molecule is CCCCCOc1ccc(C(=O)NCCc2ccc(NC)cc2)cc1OCCCCC. The standard InChI is InChI=1S/C26H38N2O3/c1-4-6-8-18-30-24-15-12-22(20-25(24)31-19-9-7-5-2)26(29)28-17-16-21-10-13-23(27-3)14-11-21/h10-15,20,27H,4-9,16-19H2,1-3H3,(H,28,29). The van der Waals surface area contributed by atoms with Crippen molar-refractivity contribution in [2.24, 2.45) is 0 Å². The number of hydrogen-bond acceptors (Lipinski definition) is 4. The molecule has 2 aromatic carbocycles. The van der Waals surface area contributed by atoms with E-state index in [1.165, 1.54) is 5.56 Å². The first-order valence-electron chi connectivity index (χ1n) is 11.6. The third-order valence-electron chi connectivity index (χ3n) is 5.16. The van der Waals surface area contributed by atoms with E-state index in [2.05, 4.69) is 36.6 Å². The summed E-state index contributed by atoms with van der Waals surface area (Å²) in [7, 11) is 1.90. The summed E-state index contributed by atoms with van der Waals surface area (Å²) >= 11 is 0. The number of hydrogen-bond donors (Lipinski definition) is 2. The van der Waals surface area contributed by atoms with Crippen LogP contribution in [0, 0.1) is 0 Å². The van der Waals surface area contributed by atoms with Gasteiger partial charge in [0, 0.05) is 24.8 Å². The molecule has 0 aliphatic heterocycles. The maximum absolute atomic E-state index is 12.7. The summed E-state index contributed by atoms with van der Waals surface area (Å²) in [6.45, 7) is 6.22. The lowest BCUT2D eigenvalue weighted by Crippen LogP contribution is -2.25. The number of ether oxygens (including phenoxy) is 2. The van der Waals surface area contributed by atoms with Crippen molar-refractivity contribution < 1.29 is 14.3 Å². The molecule has 5 heteroatoms. The number of nitrogens with one attached hydrogen (secondary N) is 2. The molecule has 0 spiro atoms. The number of carbonyl (C=O) groups excluding carboxylic acids is 1. The molecule has 0 atom stereocenters. The third kappa shape index (κ3) is 8.91. The van der Waals surface area contributed by atoms with Gasteiger partial charge < -0.3 is 20.1 Å². The van der Waals surface area contributed by atoms with E-state index in [4.69, 9.17) is 9.47 Å². The van der Waals surface area contributed by atoms with Gasteiger partial charge in [-0.15, -0.1) is 0 Å². The second-order valence-corrected chi connectivity index (χ2v) is 7.73. The Hall–Kier alpha value is -2.69. The minimum atomic E-state index is -0.0946. The van der Waals surface area contributed by atoms with E-state index < -0.39 is 0 Å². The highest BCUT2D eigenvalue weighted by molar-refractivity contribution is 5.94. The second-order valence-electron chi connectivity index (χ2n) is 7.73. The van der Waals surface area contributed by atoms with Gasteiger partial charge in [-0.05, 0) is 55.2 Å². The number of unbranched alkanes of at least 4 members (excludes halogenated alkanes) is 4. The van der Waals surface area contributed by atoms with Crippen molar-refractivity contribution in [2.75, 3.05) is 32.1 Å². The molecule has 0 unspecified atom stereocenters. The highest BCUT2D eigenvalue weighted by atomic mass is 16.5. The Kier molecular flexibility index (Phi) is 11.4. The van der Waals surface area contributed by atoms with Crippen molar-refractivity contribution in [3.8, 4) is 11.5 Å². The van der Waals surface area contributed by atoms with Crippen LogP contribution in [0.25, 0.3) is 0 Å². The Balaban J connectivity index is 1.94. The van der Waals surface area contributed by atoms with E-state index in [1.807, 2.05) is 31.3 Å². The minimum Gasteiger partial charge on any atom is -0.490 e. The largest absolute Gasteiger partial charge is 0.490 e. The van der Waals surface area contributed by atoms with E-state index in [1.54, 1.807) is 6.07 Å². The van der Waals surface area contributed by atoms with Gasteiger partial charge in [0.05, 0.1) is 13.2 Å². The molecule has 2 N–H and O–H groups in total. The zero-order valence-corrected chi connectivity index (χ0v) is 19.3. The molecule has 0 saturated heterocycles. The molecule has 2 rings (SSSR count). The van der Waals surface area contributed by atoms with E-state index in [-0.39, 0.29) is 5.91 Å². The van der Waals surface area contributed by atoms with E-state index >= 15 is 0 Å². The Morgan fingerprint density at radius 3 is 2.10 bits per heavy atom. The first-order chi connectivity index (χ1) is 15.2. The molecule has 0 heterocycles. The van der Waals surface area contributed by atoms with Crippen molar-refractivity contribution in [1.82, 2.24) is 5.32 Å². The Morgan fingerprint density at radius 1 is 0.839 bits per heavy atom. The molecule has 1 amide bonds. The summed E-state index contributed by atoms with van der Waals surface area (Å²) in [6.07, 6.45) is 7.37. The van der Waals surface area contributed by atoms with Crippen molar-refractivity contribution in [3.05, 3.63) is 53.6 Å². The fourth-order valence-electron chi connectivity index (χ4n) is 3.21. The summed E-state index contributed by atoms with van der Waals surface area (Å²) in [5, 5.41) is 6.12. The van der Waals surface area contributed by atoms with Gasteiger partial charge in [0.15, 0.2) is 11.5 Å². The van der Waals surface area contributed by atoms with Gasteiger partial charge in [-0.1, -0.05) is 51.7 Å².